The number of aryl methyl sites for hydroxylation is 1. The molecule has 0 bridgehead atoms. The molecule has 5 nitrogen and oxygen atoms in total. The average Bonchev–Trinajstić information content (AvgIpc) is 2.45. The van der Waals surface area contributed by atoms with E-state index in [1.165, 1.54) is 5.12 Å². The predicted octanol–water partition coefficient (Wildman–Crippen LogP) is 1.75. The largest absolute Gasteiger partial charge is 0.497 e. The van der Waals surface area contributed by atoms with Gasteiger partial charge in [-0.1, -0.05) is 20.8 Å². The van der Waals surface area contributed by atoms with E-state index in [9.17, 15) is 4.79 Å². The minimum atomic E-state index is -0.0804. The smallest absolute Gasteiger partial charge is 0.283 e. The SMILES string of the molecule is CCNN(NCC)C(=O)c1ccc(OC)cc1CC. The summed E-state index contributed by atoms with van der Waals surface area (Å²) in [6.45, 7) is 7.28. The van der Waals surface area contributed by atoms with Gasteiger partial charge in [-0.05, 0) is 30.2 Å². The normalized spacial score (nSPS) is 10.3. The summed E-state index contributed by atoms with van der Waals surface area (Å²) in [7, 11) is 1.62. The van der Waals surface area contributed by atoms with Crippen molar-refractivity contribution in [2.75, 3.05) is 20.2 Å². The fourth-order valence-electron chi connectivity index (χ4n) is 1.83. The summed E-state index contributed by atoms with van der Waals surface area (Å²) in [5.74, 6) is 0.690. The van der Waals surface area contributed by atoms with Crippen LogP contribution in [0.3, 0.4) is 0 Å². The zero-order valence-electron chi connectivity index (χ0n) is 12.1. The Balaban J connectivity index is 3.02. The predicted molar refractivity (Wildman–Crippen MR) is 75.9 cm³/mol. The van der Waals surface area contributed by atoms with Crippen LogP contribution in [0.5, 0.6) is 5.75 Å². The molecular weight excluding hydrogens is 242 g/mol. The molecule has 1 aromatic carbocycles. The van der Waals surface area contributed by atoms with Gasteiger partial charge in [-0.25, -0.2) is 16.0 Å². The molecule has 0 aliphatic heterocycles. The summed E-state index contributed by atoms with van der Waals surface area (Å²) in [6.07, 6.45) is 0.782. The van der Waals surface area contributed by atoms with Crippen LogP contribution >= 0.6 is 0 Å². The molecule has 0 aliphatic rings. The third-order valence-electron chi connectivity index (χ3n) is 2.76. The van der Waals surface area contributed by atoms with Gasteiger partial charge < -0.3 is 4.74 Å². The lowest BCUT2D eigenvalue weighted by Gasteiger charge is -2.23. The van der Waals surface area contributed by atoms with Gasteiger partial charge in [0.25, 0.3) is 5.91 Å². The van der Waals surface area contributed by atoms with E-state index in [0.29, 0.717) is 18.7 Å². The van der Waals surface area contributed by atoms with Gasteiger partial charge in [0, 0.05) is 18.7 Å². The maximum Gasteiger partial charge on any atom is 0.283 e. The van der Waals surface area contributed by atoms with Gasteiger partial charge in [-0.2, -0.15) is 0 Å². The second kappa shape index (κ2) is 7.76. The third kappa shape index (κ3) is 3.94. The zero-order chi connectivity index (χ0) is 14.3. The molecule has 5 heteroatoms. The highest BCUT2D eigenvalue weighted by Crippen LogP contribution is 2.19. The highest BCUT2D eigenvalue weighted by Gasteiger charge is 2.17. The number of carbonyl (C=O) groups is 1. The number of hydrazine groups is 2. The number of nitrogens with zero attached hydrogens (tertiary/aromatic N) is 1. The van der Waals surface area contributed by atoms with Crippen molar-refractivity contribution in [3.05, 3.63) is 29.3 Å². The molecule has 0 saturated carbocycles. The second-order valence-corrected chi connectivity index (χ2v) is 4.04. The minimum Gasteiger partial charge on any atom is -0.497 e. The molecule has 0 aliphatic carbocycles. The van der Waals surface area contributed by atoms with E-state index in [4.69, 9.17) is 4.74 Å². The maximum absolute atomic E-state index is 12.5. The number of benzene rings is 1. The summed E-state index contributed by atoms with van der Waals surface area (Å²) >= 11 is 0. The molecular formula is C14H23N3O2. The summed E-state index contributed by atoms with van der Waals surface area (Å²) in [4.78, 5) is 12.5. The number of methoxy groups -OCH3 is 1. The average molecular weight is 265 g/mol. The highest BCUT2D eigenvalue weighted by atomic mass is 16.5. The van der Waals surface area contributed by atoms with E-state index in [1.54, 1.807) is 7.11 Å². The molecule has 19 heavy (non-hydrogen) atoms. The minimum absolute atomic E-state index is 0.0804. The van der Waals surface area contributed by atoms with Crippen LogP contribution in [0, 0.1) is 0 Å². The van der Waals surface area contributed by atoms with Crippen LogP contribution in [-0.2, 0) is 6.42 Å². The van der Waals surface area contributed by atoms with E-state index in [1.807, 2.05) is 39.0 Å². The lowest BCUT2D eigenvalue weighted by atomic mass is 10.0. The molecule has 0 atom stereocenters. The van der Waals surface area contributed by atoms with Gasteiger partial charge in [0.2, 0.25) is 0 Å². The van der Waals surface area contributed by atoms with E-state index >= 15 is 0 Å². The lowest BCUT2D eigenvalue weighted by molar-refractivity contribution is 0.0526. The Morgan fingerprint density at radius 1 is 1.21 bits per heavy atom. The van der Waals surface area contributed by atoms with Crippen LogP contribution in [0.15, 0.2) is 18.2 Å². The standard InChI is InChI=1S/C14H23N3O2/c1-5-11-10-12(19-4)8-9-13(11)14(18)17(15-6-2)16-7-3/h8-10,15-16H,5-7H2,1-4H3. The molecule has 106 valence electrons. The first-order chi connectivity index (χ1) is 9.17. The molecule has 0 spiro atoms. The molecule has 0 radical (unpaired) electrons. The van der Waals surface area contributed by atoms with Crippen molar-refractivity contribution < 1.29 is 9.53 Å². The molecule has 0 fully saturated rings. The summed E-state index contributed by atoms with van der Waals surface area (Å²) in [5, 5.41) is 1.45. The number of hydrogen-bond donors (Lipinski definition) is 2. The van der Waals surface area contributed by atoms with Crippen molar-refractivity contribution >= 4 is 5.91 Å². The molecule has 2 N–H and O–H groups in total. The van der Waals surface area contributed by atoms with Gasteiger partial charge in [0.05, 0.1) is 7.11 Å². The Kier molecular flexibility index (Phi) is 6.32. The van der Waals surface area contributed by atoms with Gasteiger partial charge >= 0.3 is 0 Å². The van der Waals surface area contributed by atoms with Crippen LogP contribution in [0.4, 0.5) is 0 Å². The third-order valence-corrected chi connectivity index (χ3v) is 2.76. The first-order valence-electron chi connectivity index (χ1n) is 6.66. The van der Waals surface area contributed by atoms with Crippen molar-refractivity contribution in [1.82, 2.24) is 16.0 Å². The van der Waals surface area contributed by atoms with Crippen molar-refractivity contribution in [3.63, 3.8) is 0 Å². The fourth-order valence-corrected chi connectivity index (χ4v) is 1.83. The number of hydrogen-bond acceptors (Lipinski definition) is 4. The van der Waals surface area contributed by atoms with Gasteiger partial charge in [0.15, 0.2) is 0 Å². The number of nitrogens with one attached hydrogen (secondary N) is 2. The molecule has 1 aromatic rings. The van der Waals surface area contributed by atoms with E-state index in [2.05, 4.69) is 10.9 Å². The van der Waals surface area contributed by atoms with Crippen LogP contribution in [0.25, 0.3) is 0 Å². The quantitative estimate of drug-likeness (QED) is 0.738. The van der Waals surface area contributed by atoms with E-state index in [0.717, 1.165) is 17.7 Å². The Morgan fingerprint density at radius 3 is 2.32 bits per heavy atom. The van der Waals surface area contributed by atoms with E-state index in [-0.39, 0.29) is 5.91 Å². The summed E-state index contributed by atoms with van der Waals surface area (Å²) in [5.41, 5.74) is 7.67. The summed E-state index contributed by atoms with van der Waals surface area (Å²) in [6, 6.07) is 5.52. The number of ether oxygens (including phenoxy) is 1. The van der Waals surface area contributed by atoms with Crippen LogP contribution in [0.2, 0.25) is 0 Å². The highest BCUT2D eigenvalue weighted by molar-refractivity contribution is 5.95. The van der Waals surface area contributed by atoms with Crippen molar-refractivity contribution in [2.24, 2.45) is 0 Å². The number of rotatable bonds is 7. The Labute approximate surface area is 114 Å². The van der Waals surface area contributed by atoms with Gasteiger partial charge in [-0.3, -0.25) is 4.79 Å². The topological polar surface area (TPSA) is 53.6 Å². The van der Waals surface area contributed by atoms with Crippen molar-refractivity contribution in [1.29, 1.82) is 0 Å². The molecule has 1 rings (SSSR count). The number of amides is 1. The van der Waals surface area contributed by atoms with Crippen LogP contribution in [0.1, 0.15) is 36.7 Å². The molecule has 0 heterocycles. The van der Waals surface area contributed by atoms with E-state index < -0.39 is 0 Å². The molecule has 0 saturated heterocycles. The maximum atomic E-state index is 12.5. The Bertz CT molecular complexity index is 415. The van der Waals surface area contributed by atoms with Crippen LogP contribution < -0.4 is 15.6 Å². The Hall–Kier alpha value is -1.59. The molecule has 0 aromatic heterocycles. The summed E-state index contributed by atoms with van der Waals surface area (Å²) < 4.78 is 5.19. The number of carbonyl (C=O) groups excluding carboxylic acids is 1. The van der Waals surface area contributed by atoms with Crippen molar-refractivity contribution in [3.8, 4) is 5.75 Å². The molecule has 1 amide bonds. The second-order valence-electron chi connectivity index (χ2n) is 4.04. The Morgan fingerprint density at radius 2 is 1.84 bits per heavy atom. The van der Waals surface area contributed by atoms with Gasteiger partial charge in [-0.15, -0.1) is 0 Å². The first kappa shape index (κ1) is 15.5. The zero-order valence-corrected chi connectivity index (χ0v) is 12.1. The molecule has 0 unspecified atom stereocenters. The fraction of sp³-hybridized carbons (Fsp3) is 0.500. The first-order valence-corrected chi connectivity index (χ1v) is 6.66. The lowest BCUT2D eigenvalue weighted by Crippen LogP contribution is -2.51. The van der Waals surface area contributed by atoms with Crippen LogP contribution in [-0.4, -0.2) is 31.2 Å². The van der Waals surface area contributed by atoms with Gasteiger partial charge in [0.1, 0.15) is 5.75 Å². The monoisotopic (exact) mass is 265 g/mol. The van der Waals surface area contributed by atoms with Crippen molar-refractivity contribution in [2.45, 2.75) is 27.2 Å².